The molecule has 0 fully saturated rings. The third kappa shape index (κ3) is 2.88. The molecule has 0 aliphatic rings. The van der Waals surface area contributed by atoms with Gasteiger partial charge in [-0.15, -0.1) is 11.6 Å². The Kier molecular flexibility index (Phi) is 4.67. The molecule has 18 heavy (non-hydrogen) atoms. The molecular weight excluding hydrogens is 310 g/mol. The Morgan fingerprint density at radius 1 is 1.11 bits per heavy atom. The smallest absolute Gasteiger partial charge is 0.0495 e. The highest BCUT2D eigenvalue weighted by molar-refractivity contribution is 9.10. The van der Waals surface area contributed by atoms with Crippen molar-refractivity contribution >= 4 is 38.9 Å². The van der Waals surface area contributed by atoms with Crippen LogP contribution in [0.5, 0.6) is 0 Å². The monoisotopic (exact) mass is 323 g/mol. The largest absolute Gasteiger partial charge is 0.342 e. The van der Waals surface area contributed by atoms with Crippen molar-refractivity contribution in [2.75, 3.05) is 11.4 Å². The van der Waals surface area contributed by atoms with Crippen LogP contribution in [0.2, 0.25) is 0 Å². The first-order valence-corrected chi connectivity index (χ1v) is 7.26. The van der Waals surface area contributed by atoms with E-state index in [4.69, 9.17) is 11.6 Å². The number of hydrogen-bond donors (Lipinski definition) is 0. The molecule has 2 aromatic carbocycles. The van der Waals surface area contributed by atoms with E-state index >= 15 is 0 Å². The van der Waals surface area contributed by atoms with E-state index < -0.39 is 0 Å². The molecule has 0 aliphatic heterocycles. The molecule has 2 rings (SSSR count). The summed E-state index contributed by atoms with van der Waals surface area (Å²) in [5.41, 5.74) is 3.49. The summed E-state index contributed by atoms with van der Waals surface area (Å²) in [6, 6.07) is 16.6. The minimum Gasteiger partial charge on any atom is -0.342 e. The Morgan fingerprint density at radius 3 is 2.44 bits per heavy atom. The van der Waals surface area contributed by atoms with Gasteiger partial charge in [-0.2, -0.15) is 0 Å². The van der Waals surface area contributed by atoms with E-state index in [2.05, 4.69) is 70.2 Å². The van der Waals surface area contributed by atoms with E-state index in [1.165, 1.54) is 11.4 Å². The highest BCUT2D eigenvalue weighted by Crippen LogP contribution is 2.31. The lowest BCUT2D eigenvalue weighted by atomic mass is 10.1. The number of anilines is 2. The molecular formula is C15H15BrClN. The molecule has 0 aliphatic carbocycles. The number of benzene rings is 2. The molecule has 0 bridgehead atoms. The summed E-state index contributed by atoms with van der Waals surface area (Å²) in [7, 11) is 0. The van der Waals surface area contributed by atoms with Gasteiger partial charge in [0.1, 0.15) is 0 Å². The van der Waals surface area contributed by atoms with Gasteiger partial charge >= 0.3 is 0 Å². The van der Waals surface area contributed by atoms with E-state index in [0.717, 1.165) is 16.6 Å². The summed E-state index contributed by atoms with van der Waals surface area (Å²) in [6.45, 7) is 3.06. The molecule has 2 aromatic rings. The van der Waals surface area contributed by atoms with E-state index in [9.17, 15) is 0 Å². The third-order valence-electron chi connectivity index (χ3n) is 2.86. The number of rotatable bonds is 4. The summed E-state index contributed by atoms with van der Waals surface area (Å²) in [4.78, 5) is 2.27. The summed E-state index contributed by atoms with van der Waals surface area (Å²) < 4.78 is 1.06. The van der Waals surface area contributed by atoms with E-state index in [1.807, 2.05) is 6.07 Å². The molecule has 0 spiro atoms. The van der Waals surface area contributed by atoms with Crippen molar-refractivity contribution in [3.63, 3.8) is 0 Å². The summed E-state index contributed by atoms with van der Waals surface area (Å²) >= 11 is 9.53. The Hall–Kier alpha value is -0.990. The molecule has 0 aromatic heterocycles. The van der Waals surface area contributed by atoms with Gasteiger partial charge in [0.25, 0.3) is 0 Å². The van der Waals surface area contributed by atoms with Crippen LogP contribution in [0.1, 0.15) is 12.5 Å². The standard InChI is InChI=1S/C15H15BrClN/c1-2-18(14-6-4-3-5-7-14)15-9-8-13(16)10-12(15)11-17/h3-10H,2,11H2,1H3. The Labute approximate surface area is 122 Å². The topological polar surface area (TPSA) is 3.24 Å². The Balaban J connectivity index is 2.45. The second-order valence-electron chi connectivity index (χ2n) is 3.99. The van der Waals surface area contributed by atoms with Crippen molar-refractivity contribution < 1.29 is 0 Å². The molecule has 0 atom stereocenters. The van der Waals surface area contributed by atoms with Crippen LogP contribution in [-0.4, -0.2) is 6.54 Å². The van der Waals surface area contributed by atoms with Crippen molar-refractivity contribution in [3.05, 3.63) is 58.6 Å². The van der Waals surface area contributed by atoms with Crippen LogP contribution in [0.4, 0.5) is 11.4 Å². The van der Waals surface area contributed by atoms with Crippen LogP contribution in [-0.2, 0) is 5.88 Å². The number of alkyl halides is 1. The molecule has 1 nitrogen and oxygen atoms in total. The zero-order valence-corrected chi connectivity index (χ0v) is 12.6. The minimum absolute atomic E-state index is 0.512. The molecule has 0 saturated carbocycles. The lowest BCUT2D eigenvalue weighted by Gasteiger charge is -2.25. The number of halogens is 2. The maximum Gasteiger partial charge on any atom is 0.0495 e. The van der Waals surface area contributed by atoms with Gasteiger partial charge in [0.05, 0.1) is 0 Å². The Bertz CT molecular complexity index is 513. The average Bonchev–Trinajstić information content (AvgIpc) is 2.42. The predicted molar refractivity (Wildman–Crippen MR) is 82.8 cm³/mol. The van der Waals surface area contributed by atoms with Crippen LogP contribution >= 0.6 is 27.5 Å². The van der Waals surface area contributed by atoms with Crippen LogP contribution < -0.4 is 4.90 Å². The third-order valence-corrected chi connectivity index (χ3v) is 3.64. The van der Waals surface area contributed by atoms with Gasteiger partial charge < -0.3 is 4.90 Å². The normalized spacial score (nSPS) is 10.4. The summed E-state index contributed by atoms with van der Waals surface area (Å²) in [5, 5.41) is 0. The van der Waals surface area contributed by atoms with Gasteiger partial charge in [0, 0.05) is 28.3 Å². The van der Waals surface area contributed by atoms with Crippen LogP contribution in [0.25, 0.3) is 0 Å². The fourth-order valence-corrected chi connectivity index (χ4v) is 2.65. The van der Waals surface area contributed by atoms with Gasteiger partial charge in [0.2, 0.25) is 0 Å². The van der Waals surface area contributed by atoms with Gasteiger partial charge in [-0.1, -0.05) is 34.1 Å². The van der Waals surface area contributed by atoms with E-state index in [0.29, 0.717) is 5.88 Å². The average molecular weight is 325 g/mol. The number of para-hydroxylation sites is 1. The first kappa shape index (κ1) is 13.4. The van der Waals surface area contributed by atoms with E-state index in [-0.39, 0.29) is 0 Å². The number of hydrogen-bond acceptors (Lipinski definition) is 1. The second kappa shape index (κ2) is 6.26. The number of nitrogens with zero attached hydrogens (tertiary/aromatic N) is 1. The second-order valence-corrected chi connectivity index (χ2v) is 5.17. The lowest BCUT2D eigenvalue weighted by molar-refractivity contribution is 1.01. The molecule has 0 saturated heterocycles. The molecule has 0 amide bonds. The van der Waals surface area contributed by atoms with Gasteiger partial charge in [-0.3, -0.25) is 0 Å². The molecule has 0 unspecified atom stereocenters. The van der Waals surface area contributed by atoms with Crippen LogP contribution in [0, 0.1) is 0 Å². The molecule has 3 heteroatoms. The fraction of sp³-hybridized carbons (Fsp3) is 0.200. The highest BCUT2D eigenvalue weighted by Gasteiger charge is 2.11. The predicted octanol–water partition coefficient (Wildman–Crippen LogP) is 5.35. The quantitative estimate of drug-likeness (QED) is 0.686. The molecule has 0 radical (unpaired) electrons. The van der Waals surface area contributed by atoms with Crippen molar-refractivity contribution in [2.45, 2.75) is 12.8 Å². The molecule has 0 heterocycles. The van der Waals surface area contributed by atoms with Gasteiger partial charge in [-0.25, -0.2) is 0 Å². The van der Waals surface area contributed by atoms with Crippen molar-refractivity contribution in [2.24, 2.45) is 0 Å². The maximum absolute atomic E-state index is 6.05. The van der Waals surface area contributed by atoms with Crippen LogP contribution in [0.3, 0.4) is 0 Å². The first-order valence-electron chi connectivity index (χ1n) is 5.93. The maximum atomic E-state index is 6.05. The molecule has 0 N–H and O–H groups in total. The highest BCUT2D eigenvalue weighted by atomic mass is 79.9. The zero-order chi connectivity index (χ0) is 13.0. The van der Waals surface area contributed by atoms with E-state index in [1.54, 1.807) is 0 Å². The summed E-state index contributed by atoms with van der Waals surface area (Å²) in [6.07, 6.45) is 0. The fourth-order valence-electron chi connectivity index (χ4n) is 2.02. The minimum atomic E-state index is 0.512. The van der Waals surface area contributed by atoms with Gasteiger partial charge in [-0.05, 0) is 42.8 Å². The Morgan fingerprint density at radius 2 is 1.83 bits per heavy atom. The van der Waals surface area contributed by atoms with Crippen molar-refractivity contribution in [1.82, 2.24) is 0 Å². The van der Waals surface area contributed by atoms with Crippen molar-refractivity contribution in [1.29, 1.82) is 0 Å². The lowest BCUT2D eigenvalue weighted by Crippen LogP contribution is -2.17. The first-order chi connectivity index (χ1) is 8.76. The van der Waals surface area contributed by atoms with Crippen LogP contribution in [0.15, 0.2) is 53.0 Å². The molecule has 94 valence electrons. The van der Waals surface area contributed by atoms with Crippen molar-refractivity contribution in [3.8, 4) is 0 Å². The zero-order valence-electron chi connectivity index (χ0n) is 10.2. The van der Waals surface area contributed by atoms with Gasteiger partial charge in [0.15, 0.2) is 0 Å². The summed E-state index contributed by atoms with van der Waals surface area (Å²) in [5.74, 6) is 0.512. The SMILES string of the molecule is CCN(c1ccccc1)c1ccc(Br)cc1CCl.